The highest BCUT2D eigenvalue weighted by Gasteiger charge is 1.94. The Labute approximate surface area is 87.1 Å². The quantitative estimate of drug-likeness (QED) is 0.628. The van der Waals surface area contributed by atoms with E-state index in [0.717, 1.165) is 32.3 Å². The molecule has 0 aliphatic carbocycles. The minimum Gasteiger partial charge on any atom is -0.385 e. The van der Waals surface area contributed by atoms with Gasteiger partial charge in [0.25, 0.3) is 0 Å². The van der Waals surface area contributed by atoms with Crippen molar-refractivity contribution in [2.75, 3.05) is 13.7 Å². The first-order chi connectivity index (χ1) is 6.86. The predicted molar refractivity (Wildman–Crippen MR) is 60.3 cm³/mol. The zero-order valence-electron chi connectivity index (χ0n) is 8.96. The van der Waals surface area contributed by atoms with Crippen LogP contribution in [0, 0.1) is 6.92 Å². The minimum atomic E-state index is 0.848. The molecule has 0 unspecified atom stereocenters. The maximum Gasteiger partial charge on any atom is 0.0465 e. The Kier molecular flexibility index (Phi) is 5.31. The molecule has 0 amide bonds. The van der Waals surface area contributed by atoms with E-state index < -0.39 is 0 Å². The number of ether oxygens (including phenoxy) is 1. The number of methoxy groups -OCH3 is 1. The van der Waals surface area contributed by atoms with Gasteiger partial charge in [-0.1, -0.05) is 31.2 Å². The summed E-state index contributed by atoms with van der Waals surface area (Å²) in [6.45, 7) is 4.70. The van der Waals surface area contributed by atoms with E-state index in [9.17, 15) is 0 Å². The highest BCUT2D eigenvalue weighted by atomic mass is 16.5. The molecule has 1 aromatic rings. The van der Waals surface area contributed by atoms with Gasteiger partial charge in [-0.3, -0.25) is 0 Å². The van der Waals surface area contributed by atoms with Crippen molar-refractivity contribution in [3.8, 4) is 0 Å². The van der Waals surface area contributed by atoms with Gasteiger partial charge in [0.2, 0.25) is 0 Å². The molecule has 0 fully saturated rings. The van der Waals surface area contributed by atoms with Crippen LogP contribution in [-0.2, 0) is 17.6 Å². The molecule has 77 valence electrons. The average Bonchev–Trinajstić information content (AvgIpc) is 2.21. The van der Waals surface area contributed by atoms with Crippen LogP contribution in [0.15, 0.2) is 24.3 Å². The van der Waals surface area contributed by atoms with E-state index in [1.54, 1.807) is 7.11 Å². The van der Waals surface area contributed by atoms with Crippen LogP contribution in [0.2, 0.25) is 0 Å². The van der Waals surface area contributed by atoms with E-state index >= 15 is 0 Å². The second kappa shape index (κ2) is 6.61. The van der Waals surface area contributed by atoms with Gasteiger partial charge in [0.1, 0.15) is 0 Å². The zero-order valence-corrected chi connectivity index (χ0v) is 8.96. The van der Waals surface area contributed by atoms with Crippen LogP contribution < -0.4 is 0 Å². The van der Waals surface area contributed by atoms with E-state index in [-0.39, 0.29) is 0 Å². The molecule has 1 aromatic carbocycles. The summed E-state index contributed by atoms with van der Waals surface area (Å²) in [6, 6.07) is 8.82. The molecule has 0 aliphatic rings. The third-order valence-electron chi connectivity index (χ3n) is 2.30. The fraction of sp³-hybridized carbons (Fsp3) is 0.462. The van der Waals surface area contributed by atoms with Gasteiger partial charge in [-0.25, -0.2) is 0 Å². The van der Waals surface area contributed by atoms with Crippen LogP contribution in [0.25, 0.3) is 0 Å². The van der Waals surface area contributed by atoms with E-state index in [4.69, 9.17) is 4.74 Å². The van der Waals surface area contributed by atoms with Crippen molar-refractivity contribution in [1.82, 2.24) is 0 Å². The van der Waals surface area contributed by atoms with Crippen LogP contribution in [0.4, 0.5) is 0 Å². The zero-order chi connectivity index (χ0) is 10.2. The van der Waals surface area contributed by atoms with Crippen molar-refractivity contribution < 1.29 is 4.74 Å². The first-order valence-electron chi connectivity index (χ1n) is 5.23. The van der Waals surface area contributed by atoms with Crippen molar-refractivity contribution in [2.45, 2.75) is 25.7 Å². The Morgan fingerprint density at radius 1 is 1.07 bits per heavy atom. The monoisotopic (exact) mass is 191 g/mol. The van der Waals surface area contributed by atoms with Crippen LogP contribution >= 0.6 is 0 Å². The molecular weight excluding hydrogens is 172 g/mol. The Morgan fingerprint density at radius 2 is 1.64 bits per heavy atom. The Morgan fingerprint density at radius 3 is 2.14 bits per heavy atom. The Balaban J connectivity index is 2.38. The summed E-state index contributed by atoms with van der Waals surface area (Å²) in [4.78, 5) is 0. The van der Waals surface area contributed by atoms with Gasteiger partial charge in [-0.2, -0.15) is 0 Å². The van der Waals surface area contributed by atoms with Gasteiger partial charge in [0.05, 0.1) is 0 Å². The van der Waals surface area contributed by atoms with Crippen molar-refractivity contribution in [3.63, 3.8) is 0 Å². The molecule has 0 saturated heterocycles. The second-order valence-electron chi connectivity index (χ2n) is 3.52. The van der Waals surface area contributed by atoms with E-state index in [0.29, 0.717) is 0 Å². The first-order valence-corrected chi connectivity index (χ1v) is 5.23. The van der Waals surface area contributed by atoms with Crippen LogP contribution in [-0.4, -0.2) is 13.7 Å². The van der Waals surface area contributed by atoms with Gasteiger partial charge in [0.15, 0.2) is 0 Å². The third-order valence-corrected chi connectivity index (χ3v) is 2.30. The molecule has 0 aliphatic heterocycles. The van der Waals surface area contributed by atoms with Crippen LogP contribution in [0.1, 0.15) is 24.0 Å². The number of rotatable bonds is 6. The fourth-order valence-corrected chi connectivity index (χ4v) is 1.50. The van der Waals surface area contributed by atoms with E-state index in [1.807, 2.05) is 0 Å². The summed E-state index contributed by atoms with van der Waals surface area (Å²) in [5, 5.41) is 0. The number of hydrogen-bond donors (Lipinski definition) is 0. The topological polar surface area (TPSA) is 9.23 Å². The molecule has 0 N–H and O–H groups in total. The lowest BCUT2D eigenvalue weighted by Crippen LogP contribution is -1.93. The Bertz CT molecular complexity index is 238. The van der Waals surface area contributed by atoms with Crippen molar-refractivity contribution in [1.29, 1.82) is 0 Å². The molecule has 0 heterocycles. The first kappa shape index (κ1) is 11.3. The molecule has 14 heavy (non-hydrogen) atoms. The molecular formula is C13H19O. The molecule has 0 aromatic heterocycles. The maximum atomic E-state index is 5.02. The van der Waals surface area contributed by atoms with Crippen molar-refractivity contribution in [3.05, 3.63) is 42.3 Å². The summed E-state index contributed by atoms with van der Waals surface area (Å²) < 4.78 is 5.02. The standard InChI is InChI=1S/C13H19O/c1-3-5-12-7-9-13(10-8-12)6-4-11-14-2/h7-10H,1,3-6,11H2,2H3. The molecule has 1 nitrogen and oxygen atoms in total. The lowest BCUT2D eigenvalue weighted by Gasteiger charge is -2.02. The number of hydrogen-bond acceptors (Lipinski definition) is 1. The maximum absolute atomic E-state index is 5.02. The van der Waals surface area contributed by atoms with Gasteiger partial charge >= 0.3 is 0 Å². The molecule has 1 radical (unpaired) electrons. The fourth-order valence-electron chi connectivity index (χ4n) is 1.50. The summed E-state index contributed by atoms with van der Waals surface area (Å²) in [5.74, 6) is 0. The van der Waals surface area contributed by atoms with Gasteiger partial charge < -0.3 is 4.74 Å². The normalized spacial score (nSPS) is 10.4. The summed E-state index contributed by atoms with van der Waals surface area (Å²) in [7, 11) is 1.75. The summed E-state index contributed by atoms with van der Waals surface area (Å²) in [6.07, 6.45) is 4.27. The average molecular weight is 191 g/mol. The third kappa shape index (κ3) is 3.93. The largest absolute Gasteiger partial charge is 0.385 e. The number of benzene rings is 1. The molecule has 0 spiro atoms. The van der Waals surface area contributed by atoms with Crippen molar-refractivity contribution in [2.24, 2.45) is 0 Å². The SMILES string of the molecule is [CH2]CCc1ccc(CCCOC)cc1. The summed E-state index contributed by atoms with van der Waals surface area (Å²) in [5.41, 5.74) is 2.78. The lowest BCUT2D eigenvalue weighted by molar-refractivity contribution is 0.195. The van der Waals surface area contributed by atoms with Crippen LogP contribution in [0.5, 0.6) is 0 Å². The predicted octanol–water partition coefficient (Wildman–Crippen LogP) is 3.03. The van der Waals surface area contributed by atoms with Gasteiger partial charge in [-0.15, -0.1) is 0 Å². The molecule has 0 atom stereocenters. The highest BCUT2D eigenvalue weighted by molar-refractivity contribution is 5.22. The lowest BCUT2D eigenvalue weighted by atomic mass is 10.1. The van der Waals surface area contributed by atoms with Crippen molar-refractivity contribution >= 4 is 0 Å². The Hall–Kier alpha value is -0.820. The van der Waals surface area contributed by atoms with E-state index in [2.05, 4.69) is 31.2 Å². The molecule has 1 rings (SSSR count). The van der Waals surface area contributed by atoms with E-state index in [1.165, 1.54) is 11.1 Å². The summed E-state index contributed by atoms with van der Waals surface area (Å²) >= 11 is 0. The van der Waals surface area contributed by atoms with Gasteiger partial charge in [0, 0.05) is 13.7 Å². The highest BCUT2D eigenvalue weighted by Crippen LogP contribution is 2.08. The van der Waals surface area contributed by atoms with Gasteiger partial charge in [-0.05, 0) is 36.8 Å². The molecule has 1 heteroatoms. The number of aryl methyl sites for hydroxylation is 2. The smallest absolute Gasteiger partial charge is 0.0465 e. The molecule has 0 saturated carbocycles. The van der Waals surface area contributed by atoms with Crippen LogP contribution in [0.3, 0.4) is 0 Å². The molecule has 0 bridgehead atoms. The second-order valence-corrected chi connectivity index (χ2v) is 3.52. The minimum absolute atomic E-state index is 0.848.